The Labute approximate surface area is 157 Å². The van der Waals surface area contributed by atoms with Crippen LogP contribution in [-0.2, 0) is 21.2 Å². The summed E-state index contributed by atoms with van der Waals surface area (Å²) in [6, 6.07) is 8.91. The third kappa shape index (κ3) is 2.79. The molecule has 1 atom stereocenters. The van der Waals surface area contributed by atoms with Crippen LogP contribution in [0.4, 0.5) is 11.4 Å². The molecule has 0 spiro atoms. The van der Waals surface area contributed by atoms with Crippen molar-refractivity contribution in [1.29, 1.82) is 0 Å². The van der Waals surface area contributed by atoms with E-state index in [1.54, 1.807) is 28.8 Å². The quantitative estimate of drug-likeness (QED) is 0.874. The fourth-order valence-corrected chi connectivity index (χ4v) is 5.94. The highest BCUT2D eigenvalue weighted by molar-refractivity contribution is 8.00. The van der Waals surface area contributed by atoms with Gasteiger partial charge in [-0.3, -0.25) is 9.52 Å². The molecule has 0 saturated carbocycles. The maximum absolute atomic E-state index is 13.0. The van der Waals surface area contributed by atoms with Crippen molar-refractivity contribution in [1.82, 2.24) is 0 Å². The predicted octanol–water partition coefficient (Wildman–Crippen LogP) is 3.49. The first-order valence-corrected chi connectivity index (χ1v) is 10.9. The number of carbonyl (C=O) groups is 1. The number of anilines is 2. The molecule has 2 aliphatic rings. The molecule has 0 radical (unpaired) electrons. The summed E-state index contributed by atoms with van der Waals surface area (Å²) in [5.74, 6) is -0.0257. The first kappa shape index (κ1) is 17.4. The molecule has 0 unspecified atom stereocenters. The first-order chi connectivity index (χ1) is 12.3. The van der Waals surface area contributed by atoms with E-state index < -0.39 is 10.0 Å². The zero-order chi connectivity index (χ0) is 18.6. The second-order valence-corrected chi connectivity index (χ2v) is 10.0. The second kappa shape index (κ2) is 6.03. The van der Waals surface area contributed by atoms with Crippen LogP contribution < -0.4 is 9.62 Å². The Bertz CT molecular complexity index is 1030. The van der Waals surface area contributed by atoms with E-state index in [1.165, 1.54) is 0 Å². The molecule has 0 aromatic heterocycles. The van der Waals surface area contributed by atoms with Crippen molar-refractivity contribution in [2.75, 3.05) is 16.2 Å². The van der Waals surface area contributed by atoms with Crippen molar-refractivity contribution >= 4 is 39.1 Å². The molecule has 0 bridgehead atoms. The van der Waals surface area contributed by atoms with E-state index in [1.807, 2.05) is 32.0 Å². The smallest absolute Gasteiger partial charge is 0.262 e. The van der Waals surface area contributed by atoms with Gasteiger partial charge in [0.15, 0.2) is 0 Å². The Hall–Kier alpha value is -1.99. The Morgan fingerprint density at radius 2 is 1.92 bits per heavy atom. The monoisotopic (exact) mass is 388 g/mol. The van der Waals surface area contributed by atoms with Gasteiger partial charge in [0, 0.05) is 27.9 Å². The summed E-state index contributed by atoms with van der Waals surface area (Å²) >= 11 is 1.69. The summed E-state index contributed by atoms with van der Waals surface area (Å²) in [6.45, 7) is 6.62. The summed E-state index contributed by atoms with van der Waals surface area (Å²) < 4.78 is 28.7. The summed E-state index contributed by atoms with van der Waals surface area (Å²) in [7, 11) is -3.77. The standard InChI is InChI=1S/C19H20N2O3S2/c1-11-4-5-14(8-12(11)2)20-26(23,24)17-7-6-16-19-15(17)9-18(22)21(19)10-13(3)25-16/h4-8,13,20H,9-10H2,1-3H3/t13-/m1/s1. The van der Waals surface area contributed by atoms with Crippen LogP contribution in [0.3, 0.4) is 0 Å². The van der Waals surface area contributed by atoms with Crippen LogP contribution in [0.25, 0.3) is 0 Å². The van der Waals surface area contributed by atoms with Gasteiger partial charge in [-0.1, -0.05) is 13.0 Å². The molecular weight excluding hydrogens is 368 g/mol. The van der Waals surface area contributed by atoms with Crippen LogP contribution >= 0.6 is 11.8 Å². The highest BCUT2D eigenvalue weighted by Crippen LogP contribution is 2.46. The largest absolute Gasteiger partial charge is 0.310 e. The SMILES string of the molecule is Cc1ccc(NS(=O)(=O)c2ccc3c4c2CC(=O)N4C[C@@H](C)S3)cc1C. The van der Waals surface area contributed by atoms with Gasteiger partial charge in [-0.05, 0) is 49.2 Å². The number of nitrogens with zero attached hydrogens (tertiary/aromatic N) is 1. The lowest BCUT2D eigenvalue weighted by atomic mass is 10.1. The Morgan fingerprint density at radius 3 is 2.65 bits per heavy atom. The maximum Gasteiger partial charge on any atom is 0.262 e. The van der Waals surface area contributed by atoms with Crippen LogP contribution in [-0.4, -0.2) is 26.1 Å². The lowest BCUT2D eigenvalue weighted by molar-refractivity contribution is -0.117. The number of sulfonamides is 1. The van der Waals surface area contributed by atoms with Crippen LogP contribution in [0.15, 0.2) is 40.1 Å². The number of thioether (sulfide) groups is 1. The van der Waals surface area contributed by atoms with E-state index in [0.29, 0.717) is 23.0 Å². The molecular formula is C19H20N2O3S2. The van der Waals surface area contributed by atoms with Crippen molar-refractivity contribution in [3.05, 3.63) is 47.0 Å². The van der Waals surface area contributed by atoms with Crippen molar-refractivity contribution < 1.29 is 13.2 Å². The van der Waals surface area contributed by atoms with Gasteiger partial charge < -0.3 is 4.90 Å². The van der Waals surface area contributed by atoms with Gasteiger partial charge in [0.05, 0.1) is 17.0 Å². The highest BCUT2D eigenvalue weighted by Gasteiger charge is 2.38. The number of amides is 1. The van der Waals surface area contributed by atoms with E-state index in [-0.39, 0.29) is 17.2 Å². The normalized spacial score (nSPS) is 18.8. The zero-order valence-electron chi connectivity index (χ0n) is 14.9. The van der Waals surface area contributed by atoms with Gasteiger partial charge in [-0.15, -0.1) is 11.8 Å². The van der Waals surface area contributed by atoms with E-state index in [2.05, 4.69) is 11.6 Å². The molecule has 0 saturated heterocycles. The minimum absolute atomic E-state index is 0.0257. The van der Waals surface area contributed by atoms with Crippen molar-refractivity contribution in [3.63, 3.8) is 0 Å². The van der Waals surface area contributed by atoms with Crippen LogP contribution in [0, 0.1) is 13.8 Å². The highest BCUT2D eigenvalue weighted by atomic mass is 32.2. The molecule has 2 aromatic rings. The lowest BCUT2D eigenvalue weighted by Gasteiger charge is -2.29. The molecule has 7 heteroatoms. The third-order valence-electron chi connectivity index (χ3n) is 4.92. The van der Waals surface area contributed by atoms with E-state index >= 15 is 0 Å². The van der Waals surface area contributed by atoms with Gasteiger partial charge in [0.1, 0.15) is 0 Å². The van der Waals surface area contributed by atoms with Gasteiger partial charge >= 0.3 is 0 Å². The van der Waals surface area contributed by atoms with Crippen molar-refractivity contribution in [2.24, 2.45) is 0 Å². The minimum atomic E-state index is -3.77. The first-order valence-electron chi connectivity index (χ1n) is 8.49. The molecule has 2 aromatic carbocycles. The van der Waals surface area contributed by atoms with Crippen LogP contribution in [0.2, 0.25) is 0 Å². The summed E-state index contributed by atoms with van der Waals surface area (Å²) in [5.41, 5.74) is 4.05. The number of benzene rings is 2. The van der Waals surface area contributed by atoms with Crippen LogP contribution in [0.5, 0.6) is 0 Å². The second-order valence-electron chi connectivity index (χ2n) is 6.90. The van der Waals surface area contributed by atoms with Crippen LogP contribution in [0.1, 0.15) is 23.6 Å². The molecule has 0 fully saturated rings. The number of hydrogen-bond acceptors (Lipinski definition) is 4. The summed E-state index contributed by atoms with van der Waals surface area (Å²) in [4.78, 5) is 15.3. The zero-order valence-corrected chi connectivity index (χ0v) is 16.5. The molecule has 2 aliphatic heterocycles. The third-order valence-corrected chi connectivity index (χ3v) is 7.52. The molecule has 0 aliphatic carbocycles. The fraction of sp³-hybridized carbons (Fsp3) is 0.316. The Kier molecular flexibility index (Phi) is 4.04. The number of rotatable bonds is 3. The lowest BCUT2D eigenvalue weighted by Crippen LogP contribution is -2.35. The summed E-state index contributed by atoms with van der Waals surface area (Å²) in [5, 5.41) is 0.300. The maximum atomic E-state index is 13.0. The molecule has 136 valence electrons. The average Bonchev–Trinajstić information content (AvgIpc) is 2.88. The Balaban J connectivity index is 1.77. The number of nitrogens with one attached hydrogen (secondary N) is 1. The van der Waals surface area contributed by atoms with E-state index in [4.69, 9.17) is 0 Å². The number of carbonyl (C=O) groups excluding carboxylic acids is 1. The Morgan fingerprint density at radius 1 is 1.15 bits per heavy atom. The minimum Gasteiger partial charge on any atom is -0.310 e. The van der Waals surface area contributed by atoms with Gasteiger partial charge in [-0.2, -0.15) is 0 Å². The van der Waals surface area contributed by atoms with Crippen molar-refractivity contribution in [2.45, 2.75) is 42.2 Å². The van der Waals surface area contributed by atoms with Gasteiger partial charge in [0.2, 0.25) is 5.91 Å². The average molecular weight is 389 g/mol. The van der Waals surface area contributed by atoms with Crippen molar-refractivity contribution in [3.8, 4) is 0 Å². The number of hydrogen-bond donors (Lipinski definition) is 1. The summed E-state index contributed by atoms with van der Waals surface area (Å²) in [6.07, 6.45) is 0.139. The van der Waals surface area contributed by atoms with E-state index in [9.17, 15) is 13.2 Å². The molecule has 5 nitrogen and oxygen atoms in total. The molecule has 1 N–H and O–H groups in total. The topological polar surface area (TPSA) is 66.5 Å². The van der Waals surface area contributed by atoms with Gasteiger partial charge in [0.25, 0.3) is 10.0 Å². The van der Waals surface area contributed by atoms with E-state index in [0.717, 1.165) is 21.7 Å². The molecule has 26 heavy (non-hydrogen) atoms. The molecule has 4 rings (SSSR count). The fourth-order valence-electron chi connectivity index (χ4n) is 3.50. The predicted molar refractivity (Wildman–Crippen MR) is 105 cm³/mol. The molecule has 2 heterocycles. The molecule has 1 amide bonds. The van der Waals surface area contributed by atoms with Gasteiger partial charge in [-0.25, -0.2) is 8.42 Å². The number of aryl methyl sites for hydroxylation is 2.